The molecule has 2 aliphatic rings. The van der Waals surface area contributed by atoms with Gasteiger partial charge in [-0.05, 0) is 62.8 Å². The molecule has 0 aliphatic carbocycles. The van der Waals surface area contributed by atoms with Gasteiger partial charge in [0.25, 0.3) is 5.91 Å². The maximum atomic E-state index is 14.0. The lowest BCUT2D eigenvalue weighted by molar-refractivity contribution is -0.134. The van der Waals surface area contributed by atoms with E-state index in [0.29, 0.717) is 19.4 Å². The molecule has 3 amide bonds. The van der Waals surface area contributed by atoms with E-state index in [4.69, 9.17) is 4.74 Å². The molecule has 7 nitrogen and oxygen atoms in total. The van der Waals surface area contributed by atoms with Crippen molar-refractivity contribution in [3.05, 3.63) is 65.4 Å². The van der Waals surface area contributed by atoms with Crippen LogP contribution in [0.15, 0.2) is 48.5 Å². The first-order valence-electron chi connectivity index (χ1n) is 11.9. The van der Waals surface area contributed by atoms with Crippen molar-refractivity contribution in [2.45, 2.75) is 37.8 Å². The number of fused-ring (bicyclic) bond motifs is 4. The first kappa shape index (κ1) is 22.5. The summed E-state index contributed by atoms with van der Waals surface area (Å²) in [5, 5.41) is 1.05. The summed E-state index contributed by atoms with van der Waals surface area (Å²) in [5.74, 6) is 0.695. The fourth-order valence-corrected chi connectivity index (χ4v) is 5.63. The Labute approximate surface area is 200 Å². The molecular formula is C27H32N4O3. The van der Waals surface area contributed by atoms with Gasteiger partial charge in [0.2, 0.25) is 0 Å². The maximum absolute atomic E-state index is 14.0. The maximum Gasteiger partial charge on any atom is 0.328 e. The Morgan fingerprint density at radius 2 is 1.91 bits per heavy atom. The summed E-state index contributed by atoms with van der Waals surface area (Å²) in [6, 6.07) is 15.4. The number of amides is 3. The number of H-pyrrole nitrogens is 1. The average molecular weight is 461 g/mol. The van der Waals surface area contributed by atoms with Crippen LogP contribution in [0.25, 0.3) is 10.9 Å². The second kappa shape index (κ2) is 8.47. The lowest BCUT2D eigenvalue weighted by Gasteiger charge is -2.44. The van der Waals surface area contributed by atoms with E-state index >= 15 is 0 Å². The second-order valence-electron chi connectivity index (χ2n) is 9.57. The molecule has 2 aliphatic heterocycles. The van der Waals surface area contributed by atoms with Crippen molar-refractivity contribution in [3.63, 3.8) is 0 Å². The van der Waals surface area contributed by atoms with E-state index in [9.17, 15) is 9.59 Å². The smallest absolute Gasteiger partial charge is 0.328 e. The normalized spacial score (nSPS) is 22.0. The number of aromatic amines is 1. The van der Waals surface area contributed by atoms with Gasteiger partial charge >= 0.3 is 6.03 Å². The minimum absolute atomic E-state index is 0.0809. The van der Waals surface area contributed by atoms with E-state index in [1.54, 1.807) is 7.11 Å². The van der Waals surface area contributed by atoms with Gasteiger partial charge in [-0.15, -0.1) is 0 Å². The highest BCUT2D eigenvalue weighted by Gasteiger charge is 2.61. The van der Waals surface area contributed by atoms with Crippen LogP contribution in [0.5, 0.6) is 5.75 Å². The molecule has 1 N–H and O–H groups in total. The van der Waals surface area contributed by atoms with Gasteiger partial charge in [0.15, 0.2) is 0 Å². The minimum atomic E-state index is -0.902. The Balaban J connectivity index is 1.68. The molecule has 5 rings (SSSR count). The summed E-state index contributed by atoms with van der Waals surface area (Å²) in [6.07, 6.45) is 1.80. The topological polar surface area (TPSA) is 68.9 Å². The van der Waals surface area contributed by atoms with E-state index < -0.39 is 5.54 Å². The molecule has 2 aromatic carbocycles. The van der Waals surface area contributed by atoms with Crippen LogP contribution in [-0.2, 0) is 11.2 Å². The van der Waals surface area contributed by atoms with Gasteiger partial charge in [0.05, 0.1) is 7.11 Å². The van der Waals surface area contributed by atoms with Gasteiger partial charge < -0.3 is 14.6 Å². The van der Waals surface area contributed by atoms with Crippen molar-refractivity contribution in [3.8, 4) is 5.75 Å². The number of carbonyl (C=O) groups excluding carboxylic acids is 2. The number of nitrogens with one attached hydrogen (secondary N) is 1. The van der Waals surface area contributed by atoms with Gasteiger partial charge in [-0.25, -0.2) is 4.79 Å². The summed E-state index contributed by atoms with van der Waals surface area (Å²) in [7, 11) is 5.66. The van der Waals surface area contributed by atoms with Crippen LogP contribution in [0.4, 0.5) is 4.79 Å². The molecule has 1 saturated heterocycles. The zero-order valence-corrected chi connectivity index (χ0v) is 20.3. The van der Waals surface area contributed by atoms with E-state index in [1.807, 2.05) is 74.4 Å². The molecule has 34 heavy (non-hydrogen) atoms. The minimum Gasteiger partial charge on any atom is -0.497 e. The van der Waals surface area contributed by atoms with Crippen LogP contribution in [-0.4, -0.2) is 71.5 Å². The average Bonchev–Trinajstić information content (AvgIpc) is 3.31. The van der Waals surface area contributed by atoms with Crippen LogP contribution in [0.2, 0.25) is 0 Å². The molecule has 178 valence electrons. The predicted molar refractivity (Wildman–Crippen MR) is 132 cm³/mol. The summed E-state index contributed by atoms with van der Waals surface area (Å²) in [4.78, 5) is 36.9. The van der Waals surface area contributed by atoms with Gasteiger partial charge in [-0.3, -0.25) is 14.6 Å². The highest BCUT2D eigenvalue weighted by Crippen LogP contribution is 2.50. The van der Waals surface area contributed by atoms with E-state index in [2.05, 4.69) is 9.88 Å². The highest BCUT2D eigenvalue weighted by atomic mass is 16.5. The number of rotatable bonds is 7. The van der Waals surface area contributed by atoms with E-state index in [-0.39, 0.29) is 18.0 Å². The number of carbonyl (C=O) groups is 2. The van der Waals surface area contributed by atoms with E-state index in [0.717, 1.165) is 46.4 Å². The monoisotopic (exact) mass is 460 g/mol. The van der Waals surface area contributed by atoms with Crippen LogP contribution >= 0.6 is 0 Å². The fourth-order valence-electron chi connectivity index (χ4n) is 5.63. The lowest BCUT2D eigenvalue weighted by Crippen LogP contribution is -2.55. The van der Waals surface area contributed by atoms with Gasteiger partial charge in [-0.1, -0.05) is 37.3 Å². The van der Waals surface area contributed by atoms with E-state index in [1.165, 1.54) is 4.90 Å². The van der Waals surface area contributed by atoms with Gasteiger partial charge in [-0.2, -0.15) is 0 Å². The van der Waals surface area contributed by atoms with Crippen molar-refractivity contribution in [2.24, 2.45) is 0 Å². The first-order valence-corrected chi connectivity index (χ1v) is 11.9. The quantitative estimate of drug-likeness (QED) is 0.537. The molecule has 2 atom stereocenters. The summed E-state index contributed by atoms with van der Waals surface area (Å²) in [5.41, 5.74) is 3.16. The number of nitrogens with zero attached hydrogens (tertiary/aromatic N) is 3. The third kappa shape index (κ3) is 3.29. The number of ether oxygens (including phenoxy) is 1. The van der Waals surface area contributed by atoms with Gasteiger partial charge in [0.1, 0.15) is 17.3 Å². The molecular weight excluding hydrogens is 428 g/mol. The second-order valence-corrected chi connectivity index (χ2v) is 9.57. The van der Waals surface area contributed by atoms with Crippen LogP contribution < -0.4 is 4.74 Å². The number of imide groups is 1. The molecule has 0 bridgehead atoms. The number of urea groups is 1. The first-order chi connectivity index (χ1) is 16.4. The number of hydrogen-bond donors (Lipinski definition) is 1. The van der Waals surface area contributed by atoms with Crippen molar-refractivity contribution in [1.82, 2.24) is 19.7 Å². The molecule has 0 saturated carbocycles. The Hall–Kier alpha value is -3.32. The van der Waals surface area contributed by atoms with Gasteiger partial charge in [0, 0.05) is 29.6 Å². The Morgan fingerprint density at radius 1 is 1.15 bits per heavy atom. The Bertz CT molecular complexity index is 1240. The van der Waals surface area contributed by atoms with Crippen molar-refractivity contribution < 1.29 is 14.3 Å². The van der Waals surface area contributed by atoms with Crippen molar-refractivity contribution >= 4 is 22.8 Å². The number of hydrogen-bond acceptors (Lipinski definition) is 4. The highest BCUT2D eigenvalue weighted by molar-refractivity contribution is 6.08. The van der Waals surface area contributed by atoms with Crippen LogP contribution in [0.3, 0.4) is 0 Å². The lowest BCUT2D eigenvalue weighted by atomic mass is 9.78. The largest absolute Gasteiger partial charge is 0.497 e. The molecule has 7 heteroatoms. The van der Waals surface area contributed by atoms with Crippen LogP contribution in [0.1, 0.15) is 42.6 Å². The molecule has 0 unspecified atom stereocenters. The third-order valence-corrected chi connectivity index (χ3v) is 7.38. The number of benzene rings is 2. The zero-order chi connectivity index (χ0) is 24.0. The molecule has 0 radical (unpaired) electrons. The summed E-state index contributed by atoms with van der Waals surface area (Å²) in [6.45, 7) is 3.27. The number of aromatic nitrogens is 1. The molecule has 3 aromatic rings. The standard InChI is InChI=1S/C27H32N4O3/c1-5-27-17-21-20-16-19(34-4)12-13-22(20)28-23(21)24(18-10-7-6-8-11-18)31(27)26(33)30(25(27)32)15-9-14-29(2)3/h6-8,10-13,16,24,28H,5,9,14-15,17H2,1-4H3/t24-,27+/m1/s1. The summed E-state index contributed by atoms with van der Waals surface area (Å²) >= 11 is 0. The SMILES string of the molecule is CC[C@@]12Cc3c([nH]c4ccc(OC)cc34)[C@@H](c3ccccc3)N1C(=O)N(CCCN(C)C)C2=O. The molecule has 3 heterocycles. The Kier molecular flexibility index (Phi) is 5.60. The molecule has 1 fully saturated rings. The van der Waals surface area contributed by atoms with Crippen molar-refractivity contribution in [2.75, 3.05) is 34.3 Å². The fraction of sp³-hybridized carbons (Fsp3) is 0.407. The summed E-state index contributed by atoms with van der Waals surface area (Å²) < 4.78 is 5.49. The molecule has 0 spiro atoms. The number of methoxy groups -OCH3 is 1. The predicted octanol–water partition coefficient (Wildman–Crippen LogP) is 4.19. The third-order valence-electron chi connectivity index (χ3n) is 7.38. The van der Waals surface area contributed by atoms with Crippen LogP contribution in [0, 0.1) is 0 Å². The Morgan fingerprint density at radius 3 is 2.59 bits per heavy atom. The van der Waals surface area contributed by atoms with Crippen molar-refractivity contribution in [1.29, 1.82) is 0 Å². The molecule has 1 aromatic heterocycles. The zero-order valence-electron chi connectivity index (χ0n) is 20.3.